The molecule has 0 aliphatic carbocycles. The van der Waals surface area contributed by atoms with Gasteiger partial charge in [0.1, 0.15) is 5.88 Å². The molecule has 1 aromatic carbocycles. The van der Waals surface area contributed by atoms with Crippen molar-refractivity contribution in [3.63, 3.8) is 0 Å². The van der Waals surface area contributed by atoms with E-state index < -0.39 is 5.24 Å². The molecule has 1 N–H and O–H groups in total. The number of benzene rings is 1. The Bertz CT molecular complexity index is 412. The van der Waals surface area contributed by atoms with Crippen LogP contribution in [0.15, 0.2) is 30.3 Å². The molecule has 0 atom stereocenters. The van der Waals surface area contributed by atoms with E-state index in [0.29, 0.717) is 5.69 Å². The van der Waals surface area contributed by atoms with Gasteiger partial charge >= 0.3 is 0 Å². The average Bonchev–Trinajstić information content (AvgIpc) is 2.28. The lowest BCUT2D eigenvalue weighted by Crippen LogP contribution is -2.12. The van der Waals surface area contributed by atoms with Gasteiger partial charge in [-0.3, -0.25) is 9.59 Å². The van der Waals surface area contributed by atoms with Gasteiger partial charge in [0, 0.05) is 5.69 Å². The van der Waals surface area contributed by atoms with E-state index in [1.54, 1.807) is 30.3 Å². The van der Waals surface area contributed by atoms with Crippen molar-refractivity contribution in [3.05, 3.63) is 35.9 Å². The third-order valence-corrected chi connectivity index (χ3v) is 2.09. The van der Waals surface area contributed by atoms with Gasteiger partial charge in [0.15, 0.2) is 0 Å². The highest BCUT2D eigenvalue weighted by Crippen LogP contribution is 2.11. The van der Waals surface area contributed by atoms with Gasteiger partial charge in [0.05, 0.1) is 0 Å². The molecule has 0 heterocycles. The predicted octanol–water partition coefficient (Wildman–Crippen LogP) is 2.64. The number of carbonyl (C=O) groups is 2. The summed E-state index contributed by atoms with van der Waals surface area (Å²) in [6.45, 7) is 0. The molecule has 0 radical (unpaired) electrons. The number of hydrogen-bond acceptors (Lipinski definition) is 2. The first-order valence-corrected chi connectivity index (χ1v) is 5.36. The summed E-state index contributed by atoms with van der Waals surface area (Å²) in [4.78, 5) is 21.4. The van der Waals surface area contributed by atoms with Gasteiger partial charge in [0.25, 0.3) is 0 Å². The van der Waals surface area contributed by atoms with Gasteiger partial charge in [-0.15, -0.1) is 11.6 Å². The average molecular weight is 258 g/mol. The maximum absolute atomic E-state index is 11.0. The van der Waals surface area contributed by atoms with Crippen LogP contribution in [-0.4, -0.2) is 17.0 Å². The summed E-state index contributed by atoms with van der Waals surface area (Å²) in [5, 5.41) is 2.07. The summed E-state index contributed by atoms with van der Waals surface area (Å²) in [6.07, 6.45) is 2.84. The molecule has 0 fully saturated rings. The lowest BCUT2D eigenvalue weighted by molar-refractivity contribution is -0.114. The van der Waals surface area contributed by atoms with Crippen molar-refractivity contribution < 1.29 is 9.59 Å². The maximum atomic E-state index is 11.0. The Morgan fingerprint density at radius 2 is 1.88 bits per heavy atom. The zero-order chi connectivity index (χ0) is 12.0. The fourth-order valence-electron chi connectivity index (χ4n) is 1.03. The zero-order valence-corrected chi connectivity index (χ0v) is 9.76. The van der Waals surface area contributed by atoms with E-state index in [2.05, 4.69) is 5.32 Å². The van der Waals surface area contributed by atoms with Crippen LogP contribution in [0.1, 0.15) is 5.56 Å². The van der Waals surface area contributed by atoms with E-state index in [4.69, 9.17) is 23.2 Å². The number of nitrogens with one attached hydrogen (secondary N) is 1. The summed E-state index contributed by atoms with van der Waals surface area (Å²) in [5.74, 6) is -0.344. The SMILES string of the molecule is O=C(Cl)/C=C/c1ccc(NC(=O)CCl)cc1. The number of anilines is 1. The quantitative estimate of drug-likeness (QED) is 0.512. The Morgan fingerprint density at radius 1 is 1.25 bits per heavy atom. The van der Waals surface area contributed by atoms with Gasteiger partial charge < -0.3 is 5.32 Å². The highest BCUT2D eigenvalue weighted by Gasteiger charge is 1.98. The number of rotatable bonds is 4. The first kappa shape index (κ1) is 12.7. The number of hydrogen-bond donors (Lipinski definition) is 1. The third-order valence-electron chi connectivity index (χ3n) is 1.72. The third kappa shape index (κ3) is 4.47. The van der Waals surface area contributed by atoms with Crippen LogP contribution >= 0.6 is 23.2 Å². The molecule has 0 bridgehead atoms. The Balaban J connectivity index is 2.68. The van der Waals surface area contributed by atoms with Gasteiger partial charge in [-0.25, -0.2) is 0 Å². The van der Waals surface area contributed by atoms with Crippen LogP contribution in [0.2, 0.25) is 0 Å². The Morgan fingerprint density at radius 3 is 2.38 bits per heavy atom. The Hall–Kier alpha value is -1.32. The largest absolute Gasteiger partial charge is 0.325 e. The fraction of sp³-hybridized carbons (Fsp3) is 0.0909. The molecule has 1 amide bonds. The minimum absolute atomic E-state index is 0.0809. The highest BCUT2D eigenvalue weighted by molar-refractivity contribution is 6.66. The van der Waals surface area contributed by atoms with E-state index >= 15 is 0 Å². The van der Waals surface area contributed by atoms with Gasteiger partial charge in [-0.05, 0) is 35.4 Å². The van der Waals surface area contributed by atoms with Crippen molar-refractivity contribution in [1.29, 1.82) is 0 Å². The van der Waals surface area contributed by atoms with E-state index in [1.807, 2.05) is 0 Å². The van der Waals surface area contributed by atoms with Crippen molar-refractivity contribution >= 4 is 46.1 Å². The van der Waals surface area contributed by atoms with Crippen molar-refractivity contribution in [3.8, 4) is 0 Å². The van der Waals surface area contributed by atoms with Crippen LogP contribution in [0.3, 0.4) is 0 Å². The first-order valence-electron chi connectivity index (χ1n) is 4.45. The standard InChI is InChI=1S/C11H9Cl2NO2/c12-7-11(16)14-9-4-1-8(2-5-9)3-6-10(13)15/h1-6H,7H2,(H,14,16)/b6-3+. The van der Waals surface area contributed by atoms with E-state index in [0.717, 1.165) is 5.56 Å². The second kappa shape index (κ2) is 6.30. The van der Waals surface area contributed by atoms with Crippen LogP contribution in [-0.2, 0) is 9.59 Å². The van der Waals surface area contributed by atoms with Crippen molar-refractivity contribution in [2.45, 2.75) is 0 Å². The molecular weight excluding hydrogens is 249 g/mol. The second-order valence-corrected chi connectivity index (χ2v) is 3.58. The van der Waals surface area contributed by atoms with Gasteiger partial charge in [0.2, 0.25) is 11.1 Å². The smallest absolute Gasteiger partial charge is 0.245 e. The molecule has 1 rings (SSSR count). The summed E-state index contributed by atoms with van der Waals surface area (Å²) >= 11 is 10.5. The highest BCUT2D eigenvalue weighted by atomic mass is 35.5. The Kier molecular flexibility index (Phi) is 5.02. The number of halogens is 2. The minimum Gasteiger partial charge on any atom is -0.325 e. The molecule has 0 unspecified atom stereocenters. The lowest BCUT2D eigenvalue weighted by Gasteiger charge is -2.02. The molecular formula is C11H9Cl2NO2. The number of amides is 1. The predicted molar refractivity (Wildman–Crippen MR) is 65.7 cm³/mol. The molecule has 5 heteroatoms. The van der Waals surface area contributed by atoms with Gasteiger partial charge in [-0.1, -0.05) is 18.2 Å². The van der Waals surface area contributed by atoms with Crippen molar-refractivity contribution in [2.24, 2.45) is 0 Å². The lowest BCUT2D eigenvalue weighted by atomic mass is 10.2. The monoisotopic (exact) mass is 257 g/mol. The number of alkyl halides is 1. The second-order valence-electron chi connectivity index (χ2n) is 2.94. The molecule has 3 nitrogen and oxygen atoms in total. The number of allylic oxidation sites excluding steroid dienone is 1. The molecule has 0 spiro atoms. The summed E-state index contributed by atoms with van der Waals surface area (Å²) in [7, 11) is 0. The fourth-order valence-corrected chi connectivity index (χ4v) is 1.16. The topological polar surface area (TPSA) is 46.2 Å². The molecule has 1 aromatic rings. The van der Waals surface area contributed by atoms with Crippen LogP contribution < -0.4 is 5.32 Å². The van der Waals surface area contributed by atoms with Crippen LogP contribution in [0.25, 0.3) is 6.08 Å². The van der Waals surface area contributed by atoms with Crippen molar-refractivity contribution in [2.75, 3.05) is 11.2 Å². The molecule has 84 valence electrons. The summed E-state index contributed by atoms with van der Waals surface area (Å²) in [6, 6.07) is 6.92. The molecule has 0 aromatic heterocycles. The van der Waals surface area contributed by atoms with E-state index in [9.17, 15) is 9.59 Å². The number of carbonyl (C=O) groups excluding carboxylic acids is 2. The van der Waals surface area contributed by atoms with Crippen LogP contribution in [0.4, 0.5) is 5.69 Å². The molecule has 16 heavy (non-hydrogen) atoms. The molecule has 0 saturated carbocycles. The van der Waals surface area contributed by atoms with Gasteiger partial charge in [-0.2, -0.15) is 0 Å². The Labute approximate surface area is 103 Å². The zero-order valence-electron chi connectivity index (χ0n) is 8.24. The van der Waals surface area contributed by atoms with E-state index in [1.165, 1.54) is 6.08 Å². The first-order chi connectivity index (χ1) is 7.61. The molecule has 0 aliphatic heterocycles. The van der Waals surface area contributed by atoms with Crippen LogP contribution in [0, 0.1) is 0 Å². The molecule has 0 aliphatic rings. The van der Waals surface area contributed by atoms with E-state index in [-0.39, 0.29) is 11.8 Å². The summed E-state index contributed by atoms with van der Waals surface area (Å²) in [5.41, 5.74) is 1.47. The minimum atomic E-state index is -0.528. The summed E-state index contributed by atoms with van der Waals surface area (Å²) < 4.78 is 0. The normalized spacial score (nSPS) is 10.4. The van der Waals surface area contributed by atoms with Crippen LogP contribution in [0.5, 0.6) is 0 Å². The van der Waals surface area contributed by atoms with Crippen molar-refractivity contribution in [1.82, 2.24) is 0 Å². The molecule has 0 saturated heterocycles. The maximum Gasteiger partial charge on any atom is 0.245 e.